The van der Waals surface area contributed by atoms with E-state index in [2.05, 4.69) is 5.32 Å². The van der Waals surface area contributed by atoms with Crippen LogP contribution in [0.1, 0.15) is 12.5 Å². The van der Waals surface area contributed by atoms with E-state index in [0.29, 0.717) is 5.69 Å². The molecule has 1 aromatic rings. The van der Waals surface area contributed by atoms with E-state index in [1.807, 2.05) is 6.92 Å². The number of rotatable bonds is 2. The summed E-state index contributed by atoms with van der Waals surface area (Å²) in [5.41, 5.74) is 1.23. The summed E-state index contributed by atoms with van der Waals surface area (Å²) in [4.78, 5) is 11.0. The summed E-state index contributed by atoms with van der Waals surface area (Å²) in [5.74, 6) is -0.287. The fourth-order valence-electron chi connectivity index (χ4n) is 1.25. The Morgan fingerprint density at radius 2 is 1.93 bits per heavy atom. The fourth-order valence-corrected chi connectivity index (χ4v) is 2.08. The highest BCUT2D eigenvalue weighted by Crippen LogP contribution is 2.22. The number of amides is 1. The van der Waals surface area contributed by atoms with Gasteiger partial charge in [0.15, 0.2) is 9.84 Å². The first-order valence-corrected chi connectivity index (χ1v) is 6.28. The Kier molecular flexibility index (Phi) is 3.14. The van der Waals surface area contributed by atoms with Gasteiger partial charge in [-0.1, -0.05) is 6.07 Å². The molecule has 0 aliphatic carbocycles. The quantitative estimate of drug-likeness (QED) is 0.829. The predicted molar refractivity (Wildman–Crippen MR) is 58.6 cm³/mol. The topological polar surface area (TPSA) is 63.2 Å². The fraction of sp³-hybridized carbons (Fsp3) is 0.300. The minimum atomic E-state index is -3.31. The van der Waals surface area contributed by atoms with Gasteiger partial charge in [-0.3, -0.25) is 4.79 Å². The van der Waals surface area contributed by atoms with Gasteiger partial charge in [0, 0.05) is 13.2 Å². The lowest BCUT2D eigenvalue weighted by Crippen LogP contribution is -2.10. The van der Waals surface area contributed by atoms with Gasteiger partial charge in [-0.15, -0.1) is 0 Å². The molecule has 15 heavy (non-hydrogen) atoms. The number of hydrogen-bond donors (Lipinski definition) is 1. The molecule has 0 aliphatic rings. The number of anilines is 1. The average Bonchev–Trinajstić information content (AvgIpc) is 1.99. The molecular weight excluding hydrogens is 214 g/mol. The molecule has 0 aliphatic heterocycles. The second kappa shape index (κ2) is 4.02. The van der Waals surface area contributed by atoms with Gasteiger partial charge in [0.25, 0.3) is 0 Å². The van der Waals surface area contributed by atoms with Crippen LogP contribution in [0.3, 0.4) is 0 Å². The van der Waals surface area contributed by atoms with Gasteiger partial charge >= 0.3 is 0 Å². The van der Waals surface area contributed by atoms with Gasteiger partial charge in [-0.2, -0.15) is 0 Å². The molecular formula is C10H13NO3S. The third-order valence-corrected chi connectivity index (χ3v) is 3.00. The first-order chi connectivity index (χ1) is 6.80. The summed E-state index contributed by atoms with van der Waals surface area (Å²) in [6.07, 6.45) is 1.11. The Morgan fingerprint density at radius 1 is 1.33 bits per heavy atom. The highest BCUT2D eigenvalue weighted by atomic mass is 32.2. The van der Waals surface area contributed by atoms with Crippen LogP contribution in [0.5, 0.6) is 0 Å². The van der Waals surface area contributed by atoms with Crippen LogP contribution in [0.4, 0.5) is 5.69 Å². The van der Waals surface area contributed by atoms with Gasteiger partial charge < -0.3 is 5.32 Å². The van der Waals surface area contributed by atoms with Gasteiger partial charge in [0.1, 0.15) is 0 Å². The second-order valence-electron chi connectivity index (χ2n) is 3.45. The maximum Gasteiger partial charge on any atom is 0.221 e. The number of carbonyl (C=O) groups is 1. The number of hydrogen-bond acceptors (Lipinski definition) is 3. The summed E-state index contributed by atoms with van der Waals surface area (Å²) in [6.45, 7) is 3.17. The van der Waals surface area contributed by atoms with Crippen LogP contribution in [0, 0.1) is 6.92 Å². The molecule has 0 atom stereocenters. The number of nitrogens with one attached hydrogen (secondary N) is 1. The Balaban J connectivity index is 3.33. The standard InChI is InChI=1S/C10H13NO3S/c1-7-4-5-10(15(3,13)14)9(6-7)11-8(2)12/h4-6H,1-3H3,(H,11,12). The van der Waals surface area contributed by atoms with Crippen molar-refractivity contribution in [3.05, 3.63) is 23.8 Å². The normalized spacial score (nSPS) is 11.1. The van der Waals surface area contributed by atoms with Gasteiger partial charge in [0.05, 0.1) is 10.6 Å². The van der Waals surface area contributed by atoms with Gasteiger partial charge in [-0.25, -0.2) is 8.42 Å². The first-order valence-electron chi connectivity index (χ1n) is 4.39. The molecule has 0 spiro atoms. The van der Waals surface area contributed by atoms with Crippen molar-refractivity contribution in [2.45, 2.75) is 18.7 Å². The number of carbonyl (C=O) groups excluding carboxylic acids is 1. The minimum absolute atomic E-state index is 0.142. The Morgan fingerprint density at radius 3 is 2.40 bits per heavy atom. The lowest BCUT2D eigenvalue weighted by molar-refractivity contribution is -0.114. The van der Waals surface area contributed by atoms with E-state index in [1.165, 1.54) is 13.0 Å². The largest absolute Gasteiger partial charge is 0.325 e. The third kappa shape index (κ3) is 3.06. The van der Waals surface area contributed by atoms with Crippen molar-refractivity contribution in [2.75, 3.05) is 11.6 Å². The molecule has 82 valence electrons. The minimum Gasteiger partial charge on any atom is -0.325 e. The molecule has 1 amide bonds. The van der Waals surface area contributed by atoms with E-state index in [0.717, 1.165) is 11.8 Å². The lowest BCUT2D eigenvalue weighted by Gasteiger charge is -2.08. The summed E-state index contributed by atoms with van der Waals surface area (Å²) >= 11 is 0. The molecule has 0 saturated carbocycles. The Labute approximate surface area is 89.2 Å². The zero-order valence-corrected chi connectivity index (χ0v) is 9.68. The highest BCUT2D eigenvalue weighted by molar-refractivity contribution is 7.90. The van der Waals surface area contributed by atoms with Crippen molar-refractivity contribution < 1.29 is 13.2 Å². The van der Waals surface area contributed by atoms with Crippen LogP contribution in [0.25, 0.3) is 0 Å². The number of sulfone groups is 1. The molecule has 0 radical (unpaired) electrons. The van der Waals surface area contributed by atoms with E-state index >= 15 is 0 Å². The molecule has 1 N–H and O–H groups in total. The van der Waals surface area contributed by atoms with E-state index < -0.39 is 9.84 Å². The third-order valence-electron chi connectivity index (χ3n) is 1.85. The Bertz CT molecular complexity index is 491. The van der Waals surface area contributed by atoms with Crippen molar-refractivity contribution in [1.29, 1.82) is 0 Å². The smallest absolute Gasteiger partial charge is 0.221 e. The zero-order valence-electron chi connectivity index (χ0n) is 8.87. The highest BCUT2D eigenvalue weighted by Gasteiger charge is 2.13. The predicted octanol–water partition coefficient (Wildman–Crippen LogP) is 1.36. The summed E-state index contributed by atoms with van der Waals surface area (Å²) in [6, 6.07) is 4.83. The molecule has 0 fully saturated rings. The van der Waals surface area contributed by atoms with Crippen LogP contribution >= 0.6 is 0 Å². The molecule has 5 heteroatoms. The number of benzene rings is 1. The van der Waals surface area contributed by atoms with Crippen molar-refractivity contribution >= 4 is 21.4 Å². The van der Waals surface area contributed by atoms with Crippen molar-refractivity contribution in [1.82, 2.24) is 0 Å². The molecule has 0 bridgehead atoms. The SMILES string of the molecule is CC(=O)Nc1cc(C)ccc1S(C)(=O)=O. The molecule has 0 heterocycles. The monoisotopic (exact) mass is 227 g/mol. The average molecular weight is 227 g/mol. The molecule has 1 aromatic carbocycles. The van der Waals surface area contributed by atoms with Gasteiger partial charge in [0.2, 0.25) is 5.91 Å². The zero-order chi connectivity index (χ0) is 11.6. The molecule has 1 rings (SSSR count). The van der Waals surface area contributed by atoms with E-state index in [4.69, 9.17) is 0 Å². The summed E-state index contributed by atoms with van der Waals surface area (Å²) in [5, 5.41) is 2.50. The van der Waals surface area contributed by atoms with E-state index in [9.17, 15) is 13.2 Å². The molecule has 0 unspecified atom stereocenters. The second-order valence-corrected chi connectivity index (χ2v) is 5.44. The van der Waals surface area contributed by atoms with Crippen LogP contribution in [-0.4, -0.2) is 20.6 Å². The summed E-state index contributed by atoms with van der Waals surface area (Å²) in [7, 11) is -3.31. The molecule has 4 nitrogen and oxygen atoms in total. The first kappa shape index (κ1) is 11.7. The van der Waals surface area contributed by atoms with Crippen LogP contribution < -0.4 is 5.32 Å². The van der Waals surface area contributed by atoms with Crippen molar-refractivity contribution in [3.8, 4) is 0 Å². The lowest BCUT2D eigenvalue weighted by atomic mass is 10.2. The van der Waals surface area contributed by atoms with E-state index in [-0.39, 0.29) is 10.8 Å². The Hall–Kier alpha value is -1.36. The van der Waals surface area contributed by atoms with Crippen LogP contribution in [0.15, 0.2) is 23.1 Å². The van der Waals surface area contributed by atoms with Crippen molar-refractivity contribution in [2.24, 2.45) is 0 Å². The molecule has 0 saturated heterocycles. The van der Waals surface area contributed by atoms with Crippen molar-refractivity contribution in [3.63, 3.8) is 0 Å². The maximum atomic E-state index is 11.4. The maximum absolute atomic E-state index is 11.4. The van der Waals surface area contributed by atoms with E-state index in [1.54, 1.807) is 12.1 Å². The van der Waals surface area contributed by atoms with Crippen LogP contribution in [-0.2, 0) is 14.6 Å². The number of aryl methyl sites for hydroxylation is 1. The van der Waals surface area contributed by atoms with Crippen LogP contribution in [0.2, 0.25) is 0 Å². The summed E-state index contributed by atoms with van der Waals surface area (Å²) < 4.78 is 22.8. The van der Waals surface area contributed by atoms with Gasteiger partial charge in [-0.05, 0) is 24.6 Å². The molecule has 0 aromatic heterocycles.